The van der Waals surface area contributed by atoms with Crippen LogP contribution in [0.4, 0.5) is 0 Å². The van der Waals surface area contributed by atoms with Crippen LogP contribution in [0, 0.1) is 4.84 Å². The molecule has 1 aliphatic rings. The molecule has 0 bridgehead atoms. The fraction of sp³-hybridized carbons (Fsp3) is 0.471. The lowest BCUT2D eigenvalue weighted by atomic mass is 9.96. The molecule has 2 aromatic rings. The molecular weight excluding hydrogens is 374 g/mol. The second-order valence-electron chi connectivity index (χ2n) is 6.61. The first-order valence-corrected chi connectivity index (χ1v) is 10.4. The van der Waals surface area contributed by atoms with Crippen molar-refractivity contribution in [2.45, 2.75) is 42.8 Å². The van der Waals surface area contributed by atoms with Gasteiger partial charge in [-0.25, -0.2) is 13.5 Å². The van der Waals surface area contributed by atoms with Crippen LogP contribution in [0.15, 0.2) is 33.6 Å². The van der Waals surface area contributed by atoms with Crippen LogP contribution >= 0.6 is 12.2 Å². The van der Waals surface area contributed by atoms with E-state index >= 15 is 0 Å². The number of likely N-dealkylation sites (tertiary alicyclic amines) is 1. The molecule has 0 aliphatic carbocycles. The normalized spacial score (nSPS) is 16.2. The Labute approximate surface area is 157 Å². The summed E-state index contributed by atoms with van der Waals surface area (Å²) in [6.45, 7) is 4.25. The van der Waals surface area contributed by atoms with Crippen LogP contribution < -0.4 is 0 Å². The third kappa shape index (κ3) is 3.59. The van der Waals surface area contributed by atoms with E-state index in [9.17, 15) is 13.2 Å². The fourth-order valence-corrected chi connectivity index (χ4v) is 4.43. The first kappa shape index (κ1) is 18.8. The number of carbonyl (C=O) groups is 1. The van der Waals surface area contributed by atoms with Gasteiger partial charge in [0.05, 0.1) is 15.7 Å². The van der Waals surface area contributed by atoms with Gasteiger partial charge in [-0.3, -0.25) is 4.79 Å². The number of hydrogen-bond acceptors (Lipinski definition) is 6. The van der Waals surface area contributed by atoms with Crippen molar-refractivity contribution in [3.05, 3.63) is 40.6 Å². The van der Waals surface area contributed by atoms with Gasteiger partial charge in [0.15, 0.2) is 9.84 Å². The zero-order chi connectivity index (χ0) is 18.9. The van der Waals surface area contributed by atoms with Crippen molar-refractivity contribution in [1.29, 1.82) is 0 Å². The quantitative estimate of drug-likeness (QED) is 0.800. The zero-order valence-corrected chi connectivity index (χ0v) is 16.3. The van der Waals surface area contributed by atoms with E-state index in [1.807, 2.05) is 0 Å². The molecule has 0 unspecified atom stereocenters. The van der Waals surface area contributed by atoms with Gasteiger partial charge in [0.25, 0.3) is 10.7 Å². The van der Waals surface area contributed by atoms with Crippen molar-refractivity contribution in [2.24, 2.45) is 0 Å². The van der Waals surface area contributed by atoms with E-state index in [4.69, 9.17) is 16.6 Å². The first-order chi connectivity index (χ1) is 12.3. The number of aromatic amines is 1. The fourth-order valence-electron chi connectivity index (χ4n) is 3.06. The molecule has 1 aromatic carbocycles. The van der Waals surface area contributed by atoms with Crippen LogP contribution in [-0.4, -0.2) is 47.8 Å². The molecule has 3 rings (SSSR count). The molecule has 0 saturated carbocycles. The second-order valence-corrected chi connectivity index (χ2v) is 9.45. The van der Waals surface area contributed by atoms with Gasteiger partial charge >= 0.3 is 0 Å². The van der Waals surface area contributed by atoms with E-state index in [0.717, 1.165) is 0 Å². The SMILES string of the molecule is CC(C)S(=O)(=O)c1ccccc1C(=O)N1CCC(c2n[nH]c(=S)o2)CC1. The Hall–Kier alpha value is -2.00. The minimum absolute atomic E-state index is 0.0974. The highest BCUT2D eigenvalue weighted by molar-refractivity contribution is 7.92. The highest BCUT2D eigenvalue weighted by atomic mass is 32.2. The summed E-state index contributed by atoms with van der Waals surface area (Å²) in [6.07, 6.45) is 1.38. The van der Waals surface area contributed by atoms with E-state index in [1.54, 1.807) is 36.9 Å². The summed E-state index contributed by atoms with van der Waals surface area (Å²) >= 11 is 4.89. The number of piperidine rings is 1. The molecule has 0 radical (unpaired) electrons. The topological polar surface area (TPSA) is 96.3 Å². The number of carbonyl (C=O) groups excluding carboxylic acids is 1. The van der Waals surface area contributed by atoms with Crippen molar-refractivity contribution in [2.75, 3.05) is 13.1 Å². The van der Waals surface area contributed by atoms with Gasteiger partial charge in [-0.2, -0.15) is 0 Å². The minimum atomic E-state index is -3.53. The standard InChI is InChI=1S/C17H21N3O4S2/c1-11(2)26(22,23)14-6-4-3-5-13(14)16(21)20-9-7-12(8-10-20)15-18-19-17(25)24-15/h3-6,11-12H,7-10H2,1-2H3,(H,19,25). The van der Waals surface area contributed by atoms with E-state index < -0.39 is 15.1 Å². The molecule has 0 atom stereocenters. The molecule has 1 fully saturated rings. The number of rotatable bonds is 4. The number of sulfone groups is 1. The lowest BCUT2D eigenvalue weighted by Crippen LogP contribution is -2.38. The number of nitrogens with zero attached hydrogens (tertiary/aromatic N) is 2. The monoisotopic (exact) mass is 395 g/mol. The number of H-pyrrole nitrogens is 1. The molecule has 7 nitrogen and oxygen atoms in total. The number of hydrogen-bond donors (Lipinski definition) is 1. The van der Waals surface area contributed by atoms with Crippen LogP contribution in [0.3, 0.4) is 0 Å². The molecule has 1 saturated heterocycles. The highest BCUT2D eigenvalue weighted by Crippen LogP contribution is 2.29. The molecule has 1 aliphatic heterocycles. The van der Waals surface area contributed by atoms with Crippen LogP contribution in [0.1, 0.15) is 48.9 Å². The Balaban J connectivity index is 1.78. The molecule has 1 amide bonds. The highest BCUT2D eigenvalue weighted by Gasteiger charge is 2.31. The Morgan fingerprint density at radius 1 is 1.31 bits per heavy atom. The first-order valence-electron chi connectivity index (χ1n) is 8.48. The maximum absolute atomic E-state index is 12.9. The average Bonchev–Trinajstić information content (AvgIpc) is 3.07. The molecular formula is C17H21N3O4S2. The number of nitrogens with one attached hydrogen (secondary N) is 1. The molecule has 26 heavy (non-hydrogen) atoms. The Kier molecular flexibility index (Phi) is 5.29. The van der Waals surface area contributed by atoms with Gasteiger partial charge in [0, 0.05) is 19.0 Å². The Morgan fingerprint density at radius 2 is 1.96 bits per heavy atom. The number of amides is 1. The van der Waals surface area contributed by atoms with Gasteiger partial charge in [-0.15, -0.1) is 5.10 Å². The number of benzene rings is 1. The summed E-state index contributed by atoms with van der Waals surface area (Å²) in [5.41, 5.74) is 0.233. The summed E-state index contributed by atoms with van der Waals surface area (Å²) in [7, 11) is -3.53. The van der Waals surface area contributed by atoms with Crippen molar-refractivity contribution >= 4 is 28.0 Å². The van der Waals surface area contributed by atoms with Gasteiger partial charge in [-0.1, -0.05) is 12.1 Å². The van der Waals surface area contributed by atoms with Crippen molar-refractivity contribution in [1.82, 2.24) is 15.1 Å². The molecule has 0 spiro atoms. The van der Waals surface area contributed by atoms with Gasteiger partial charge in [0.2, 0.25) is 5.89 Å². The Bertz CT molecular complexity index is 954. The summed E-state index contributed by atoms with van der Waals surface area (Å²) in [4.78, 5) is 15.0. The zero-order valence-electron chi connectivity index (χ0n) is 14.6. The lowest BCUT2D eigenvalue weighted by molar-refractivity contribution is 0.0702. The average molecular weight is 396 g/mol. The maximum atomic E-state index is 12.9. The van der Waals surface area contributed by atoms with Gasteiger partial charge in [-0.05, 0) is 51.0 Å². The summed E-state index contributed by atoms with van der Waals surface area (Å²) < 4.78 is 30.5. The molecule has 2 heterocycles. The number of aromatic nitrogens is 2. The smallest absolute Gasteiger partial charge is 0.284 e. The molecule has 140 valence electrons. The summed E-state index contributed by atoms with van der Waals surface area (Å²) in [5.74, 6) is 0.401. The summed E-state index contributed by atoms with van der Waals surface area (Å²) in [5, 5.41) is 6.08. The molecule has 9 heteroatoms. The summed E-state index contributed by atoms with van der Waals surface area (Å²) in [6, 6.07) is 6.41. The van der Waals surface area contributed by atoms with Crippen molar-refractivity contribution < 1.29 is 17.6 Å². The van der Waals surface area contributed by atoms with Crippen molar-refractivity contribution in [3.63, 3.8) is 0 Å². The molecule has 1 N–H and O–H groups in total. The lowest BCUT2D eigenvalue weighted by Gasteiger charge is -2.31. The van der Waals surface area contributed by atoms with Crippen LogP contribution in [0.5, 0.6) is 0 Å². The third-order valence-corrected chi connectivity index (χ3v) is 7.02. The van der Waals surface area contributed by atoms with E-state index in [0.29, 0.717) is 31.8 Å². The van der Waals surface area contributed by atoms with E-state index in [1.165, 1.54) is 6.07 Å². The molecule has 1 aromatic heterocycles. The van der Waals surface area contributed by atoms with Crippen LogP contribution in [0.2, 0.25) is 0 Å². The minimum Gasteiger partial charge on any atom is -0.414 e. The van der Waals surface area contributed by atoms with E-state index in [2.05, 4.69) is 10.2 Å². The second kappa shape index (κ2) is 7.32. The van der Waals surface area contributed by atoms with Gasteiger partial charge < -0.3 is 9.32 Å². The Morgan fingerprint density at radius 3 is 2.54 bits per heavy atom. The van der Waals surface area contributed by atoms with Gasteiger partial charge in [0.1, 0.15) is 0 Å². The predicted octanol–water partition coefficient (Wildman–Crippen LogP) is 2.93. The van der Waals surface area contributed by atoms with Crippen LogP contribution in [0.25, 0.3) is 0 Å². The van der Waals surface area contributed by atoms with Crippen LogP contribution in [-0.2, 0) is 9.84 Å². The van der Waals surface area contributed by atoms with E-state index in [-0.39, 0.29) is 27.1 Å². The van der Waals surface area contributed by atoms with Crippen molar-refractivity contribution in [3.8, 4) is 0 Å². The predicted molar refractivity (Wildman–Crippen MR) is 98.3 cm³/mol. The maximum Gasteiger partial charge on any atom is 0.284 e. The largest absolute Gasteiger partial charge is 0.414 e. The third-order valence-electron chi connectivity index (χ3n) is 4.63.